The molecule has 0 aromatic carbocycles. The summed E-state index contributed by atoms with van der Waals surface area (Å²) in [5.41, 5.74) is -1.30. The Morgan fingerprint density at radius 3 is 2.48 bits per heavy atom. The molecule has 0 amide bonds. The van der Waals surface area contributed by atoms with E-state index < -0.39 is 47.9 Å². The van der Waals surface area contributed by atoms with Gasteiger partial charge in [0, 0.05) is 40.7 Å². The second kappa shape index (κ2) is 8.93. The van der Waals surface area contributed by atoms with Gasteiger partial charge in [-0.25, -0.2) is 4.79 Å². The van der Waals surface area contributed by atoms with E-state index in [4.69, 9.17) is 23.7 Å². The molecular formula is C16H22N2O9. The number of carbonyl (C=O) groups excluding carboxylic acids is 2. The number of rotatable bonds is 7. The van der Waals surface area contributed by atoms with Crippen LogP contribution in [0.25, 0.3) is 0 Å². The third-order valence-electron chi connectivity index (χ3n) is 3.94. The van der Waals surface area contributed by atoms with Crippen LogP contribution in [0.3, 0.4) is 0 Å². The first-order chi connectivity index (χ1) is 12.8. The van der Waals surface area contributed by atoms with Crippen LogP contribution >= 0.6 is 0 Å². The van der Waals surface area contributed by atoms with Crippen LogP contribution in [0, 0.1) is 0 Å². The molecule has 2 rings (SSSR count). The van der Waals surface area contributed by atoms with Crippen LogP contribution < -0.4 is 11.2 Å². The van der Waals surface area contributed by atoms with Gasteiger partial charge in [0.2, 0.25) is 0 Å². The van der Waals surface area contributed by atoms with E-state index in [-0.39, 0.29) is 18.6 Å². The SMILES string of the molecule is COC(OC)c1cn(C2C[C@H](OC(C)=O)[C@@H](COC(C)=O)O2)c(=O)[nH]c1=O. The van der Waals surface area contributed by atoms with Crippen molar-refractivity contribution in [2.75, 3.05) is 20.8 Å². The predicted molar refractivity (Wildman–Crippen MR) is 88.8 cm³/mol. The summed E-state index contributed by atoms with van der Waals surface area (Å²) in [7, 11) is 2.70. The molecule has 1 saturated heterocycles. The standard InChI is InChI=1S/C16H22N2O9/c1-8(19)25-7-12-11(26-9(2)20)5-13(27-12)18-6-10(15(23-3)24-4)14(21)17-16(18)22/h6,11-13,15H,5,7H2,1-4H3,(H,17,21,22)/t11-,12+,13?/m0/s1. The van der Waals surface area contributed by atoms with Gasteiger partial charge in [-0.05, 0) is 0 Å². The smallest absolute Gasteiger partial charge is 0.330 e. The lowest BCUT2D eigenvalue weighted by Crippen LogP contribution is -2.35. The second-order valence-corrected chi connectivity index (χ2v) is 5.87. The Balaban J connectivity index is 2.32. The van der Waals surface area contributed by atoms with Gasteiger partial charge < -0.3 is 23.7 Å². The summed E-state index contributed by atoms with van der Waals surface area (Å²) in [6, 6.07) is 0. The largest absolute Gasteiger partial charge is 0.463 e. The summed E-state index contributed by atoms with van der Waals surface area (Å²) < 4.78 is 27.1. The zero-order valence-electron chi connectivity index (χ0n) is 15.4. The number of esters is 2. The number of H-pyrrole nitrogens is 1. The molecule has 0 saturated carbocycles. The van der Waals surface area contributed by atoms with E-state index in [0.717, 1.165) is 4.57 Å². The molecule has 11 heteroatoms. The van der Waals surface area contributed by atoms with Gasteiger partial charge in [-0.1, -0.05) is 0 Å². The monoisotopic (exact) mass is 386 g/mol. The molecule has 1 N–H and O–H groups in total. The van der Waals surface area contributed by atoms with Crippen molar-refractivity contribution in [3.05, 3.63) is 32.6 Å². The maximum atomic E-state index is 12.2. The van der Waals surface area contributed by atoms with Gasteiger partial charge >= 0.3 is 17.6 Å². The van der Waals surface area contributed by atoms with Crippen molar-refractivity contribution in [3.63, 3.8) is 0 Å². The number of aromatic nitrogens is 2. The minimum absolute atomic E-state index is 0.0654. The molecule has 1 aliphatic rings. The maximum Gasteiger partial charge on any atom is 0.330 e. The van der Waals surface area contributed by atoms with Gasteiger partial charge in [0.1, 0.15) is 25.0 Å². The first-order valence-corrected chi connectivity index (χ1v) is 8.13. The Morgan fingerprint density at radius 2 is 1.93 bits per heavy atom. The van der Waals surface area contributed by atoms with Gasteiger partial charge in [0.15, 0.2) is 6.29 Å². The molecule has 1 fully saturated rings. The number of nitrogens with one attached hydrogen (secondary N) is 1. The number of ether oxygens (including phenoxy) is 5. The first kappa shape index (κ1) is 20.8. The van der Waals surface area contributed by atoms with Gasteiger partial charge in [-0.15, -0.1) is 0 Å². The Labute approximate surface area is 154 Å². The average Bonchev–Trinajstić information content (AvgIpc) is 2.97. The van der Waals surface area contributed by atoms with Crippen molar-refractivity contribution < 1.29 is 33.3 Å². The molecule has 1 aromatic heterocycles. The van der Waals surface area contributed by atoms with Crippen molar-refractivity contribution in [3.8, 4) is 0 Å². The third-order valence-corrected chi connectivity index (χ3v) is 3.94. The lowest BCUT2D eigenvalue weighted by atomic mass is 10.2. The minimum Gasteiger partial charge on any atom is -0.463 e. The molecule has 150 valence electrons. The van der Waals surface area contributed by atoms with E-state index in [0.29, 0.717) is 0 Å². The van der Waals surface area contributed by atoms with Crippen LogP contribution in [-0.4, -0.2) is 54.5 Å². The fourth-order valence-electron chi connectivity index (χ4n) is 2.79. The van der Waals surface area contributed by atoms with E-state index >= 15 is 0 Å². The van der Waals surface area contributed by atoms with Crippen molar-refractivity contribution in [2.24, 2.45) is 0 Å². The molecule has 1 aliphatic heterocycles. The molecule has 2 heterocycles. The molecule has 0 radical (unpaired) electrons. The van der Waals surface area contributed by atoms with Crippen LogP contribution in [0.4, 0.5) is 0 Å². The fourth-order valence-corrected chi connectivity index (χ4v) is 2.79. The van der Waals surface area contributed by atoms with Crippen molar-refractivity contribution >= 4 is 11.9 Å². The zero-order valence-corrected chi connectivity index (χ0v) is 15.4. The number of carbonyl (C=O) groups is 2. The van der Waals surface area contributed by atoms with E-state index in [1.807, 2.05) is 0 Å². The van der Waals surface area contributed by atoms with E-state index in [9.17, 15) is 19.2 Å². The van der Waals surface area contributed by atoms with Crippen molar-refractivity contribution in [2.45, 2.75) is 45.0 Å². The number of hydrogen-bond acceptors (Lipinski definition) is 9. The molecule has 11 nitrogen and oxygen atoms in total. The Hall–Kier alpha value is -2.50. The highest BCUT2D eigenvalue weighted by Crippen LogP contribution is 2.30. The molecule has 1 unspecified atom stereocenters. The van der Waals surface area contributed by atoms with E-state index in [1.165, 1.54) is 34.3 Å². The summed E-state index contributed by atoms with van der Waals surface area (Å²) in [5, 5.41) is 0. The molecule has 0 spiro atoms. The van der Waals surface area contributed by atoms with Gasteiger partial charge in [-0.3, -0.25) is 23.9 Å². The highest BCUT2D eigenvalue weighted by atomic mass is 16.7. The molecule has 1 aromatic rings. The fraction of sp³-hybridized carbons (Fsp3) is 0.625. The summed E-state index contributed by atoms with van der Waals surface area (Å²) in [6.45, 7) is 2.33. The Bertz CT molecular complexity index is 796. The molecular weight excluding hydrogens is 364 g/mol. The lowest BCUT2D eigenvalue weighted by molar-refractivity contribution is -0.155. The van der Waals surface area contributed by atoms with E-state index in [2.05, 4.69) is 4.98 Å². The zero-order chi connectivity index (χ0) is 20.1. The molecule has 27 heavy (non-hydrogen) atoms. The number of methoxy groups -OCH3 is 2. The highest BCUT2D eigenvalue weighted by Gasteiger charge is 2.40. The van der Waals surface area contributed by atoms with E-state index in [1.54, 1.807) is 0 Å². The third kappa shape index (κ3) is 5.02. The molecule has 0 aliphatic carbocycles. The van der Waals surface area contributed by atoms with Crippen LogP contribution in [0.5, 0.6) is 0 Å². The van der Waals surface area contributed by atoms with Gasteiger partial charge in [0.25, 0.3) is 5.56 Å². The number of aromatic amines is 1. The summed E-state index contributed by atoms with van der Waals surface area (Å²) in [4.78, 5) is 48.8. The Kier molecular flexibility index (Phi) is 6.88. The normalized spacial score (nSPS) is 22.0. The van der Waals surface area contributed by atoms with Crippen LogP contribution in [0.2, 0.25) is 0 Å². The molecule has 3 atom stereocenters. The number of hydrogen-bond donors (Lipinski definition) is 1. The quantitative estimate of drug-likeness (QED) is 0.491. The second-order valence-electron chi connectivity index (χ2n) is 5.87. The molecule has 0 bridgehead atoms. The number of nitrogens with zero attached hydrogens (tertiary/aromatic N) is 1. The van der Waals surface area contributed by atoms with Gasteiger partial charge in [0.05, 0.1) is 5.56 Å². The van der Waals surface area contributed by atoms with Crippen LogP contribution in [0.15, 0.2) is 15.8 Å². The predicted octanol–water partition coefficient (Wildman–Crippen LogP) is -0.390. The highest BCUT2D eigenvalue weighted by molar-refractivity contribution is 5.66. The van der Waals surface area contributed by atoms with Gasteiger partial charge in [-0.2, -0.15) is 0 Å². The minimum atomic E-state index is -0.983. The summed E-state index contributed by atoms with van der Waals surface area (Å²) in [6.07, 6.45) is -1.93. The summed E-state index contributed by atoms with van der Waals surface area (Å²) >= 11 is 0. The van der Waals surface area contributed by atoms with Crippen molar-refractivity contribution in [1.82, 2.24) is 9.55 Å². The van der Waals surface area contributed by atoms with Crippen LogP contribution in [0.1, 0.15) is 38.3 Å². The van der Waals surface area contributed by atoms with Crippen LogP contribution in [-0.2, 0) is 33.3 Å². The summed E-state index contributed by atoms with van der Waals surface area (Å²) in [5.74, 6) is -1.06. The first-order valence-electron chi connectivity index (χ1n) is 8.13. The topological polar surface area (TPSA) is 135 Å². The van der Waals surface area contributed by atoms with Crippen molar-refractivity contribution in [1.29, 1.82) is 0 Å². The Morgan fingerprint density at radius 1 is 1.26 bits per heavy atom. The average molecular weight is 386 g/mol. The maximum absolute atomic E-state index is 12.2. The lowest BCUT2D eigenvalue weighted by Gasteiger charge is -2.18.